The lowest BCUT2D eigenvalue weighted by Gasteiger charge is -2.25. The Balaban J connectivity index is 2.17. The van der Waals surface area contributed by atoms with Crippen LogP contribution in [0.3, 0.4) is 0 Å². The molecular weight excluding hydrogens is 270 g/mol. The highest BCUT2D eigenvalue weighted by Crippen LogP contribution is 2.36. The van der Waals surface area contributed by atoms with Crippen molar-refractivity contribution in [3.63, 3.8) is 0 Å². The van der Waals surface area contributed by atoms with Gasteiger partial charge in [0.05, 0.1) is 23.2 Å². The third-order valence-corrected chi connectivity index (χ3v) is 4.05. The fraction of sp³-hybridized carbons (Fsp3) is 0.562. The molecule has 1 unspecified atom stereocenters. The van der Waals surface area contributed by atoms with Crippen LogP contribution in [0, 0.1) is 11.3 Å². The van der Waals surface area contributed by atoms with Crippen LogP contribution in [-0.4, -0.2) is 19.1 Å². The van der Waals surface area contributed by atoms with E-state index < -0.39 is 0 Å². The summed E-state index contributed by atoms with van der Waals surface area (Å²) in [5.74, 6) is 0. The summed E-state index contributed by atoms with van der Waals surface area (Å²) in [6.07, 6.45) is 2.96. The molecule has 0 amide bonds. The topological polar surface area (TPSA) is 39.1 Å². The summed E-state index contributed by atoms with van der Waals surface area (Å²) in [6, 6.07) is 9.38. The summed E-state index contributed by atoms with van der Waals surface area (Å²) in [5, 5.41) is 13.0. The Kier molecular flexibility index (Phi) is 5.28. The minimum atomic E-state index is 0.306. The van der Waals surface area contributed by atoms with Crippen molar-refractivity contribution in [3.05, 3.63) is 28.8 Å². The largest absolute Gasteiger partial charge is 0.366 e. The Hall–Kier alpha value is -1.24. The summed E-state index contributed by atoms with van der Waals surface area (Å²) in [4.78, 5) is 2.28. The van der Waals surface area contributed by atoms with Crippen LogP contribution < -0.4 is 10.2 Å². The van der Waals surface area contributed by atoms with E-state index in [0.717, 1.165) is 23.8 Å². The van der Waals surface area contributed by atoms with Gasteiger partial charge in [-0.15, -0.1) is 0 Å². The molecule has 0 spiro atoms. The second kappa shape index (κ2) is 6.97. The molecule has 0 saturated heterocycles. The number of hydrogen-bond acceptors (Lipinski definition) is 3. The van der Waals surface area contributed by atoms with E-state index in [0.29, 0.717) is 18.5 Å². The van der Waals surface area contributed by atoms with E-state index in [4.69, 9.17) is 16.9 Å². The number of nitrogens with zero attached hydrogens (tertiary/aromatic N) is 2. The van der Waals surface area contributed by atoms with Gasteiger partial charge in [0.2, 0.25) is 0 Å². The van der Waals surface area contributed by atoms with E-state index in [9.17, 15) is 0 Å². The van der Waals surface area contributed by atoms with Crippen LogP contribution in [0.4, 0.5) is 5.69 Å². The molecule has 0 bridgehead atoms. The quantitative estimate of drug-likeness (QED) is 0.828. The standard InChI is InChI=1S/C16H22ClN3/c1-3-19-12(2)13-5-8-16(15(17)11-13)20(10-4-9-18)14-6-7-14/h5,8,11-12,14,19H,3-4,6-7,10H2,1-2H3. The molecule has 0 heterocycles. The summed E-state index contributed by atoms with van der Waals surface area (Å²) >= 11 is 6.47. The van der Waals surface area contributed by atoms with Crippen molar-refractivity contribution in [2.24, 2.45) is 0 Å². The highest BCUT2D eigenvalue weighted by atomic mass is 35.5. The van der Waals surface area contributed by atoms with Crippen LogP contribution in [0.5, 0.6) is 0 Å². The molecule has 0 radical (unpaired) electrons. The molecule has 3 nitrogen and oxygen atoms in total. The van der Waals surface area contributed by atoms with Gasteiger partial charge in [0.15, 0.2) is 0 Å². The van der Waals surface area contributed by atoms with Crippen LogP contribution in [0.15, 0.2) is 18.2 Å². The predicted molar refractivity (Wildman–Crippen MR) is 84.1 cm³/mol. The molecule has 1 fully saturated rings. The average molecular weight is 292 g/mol. The van der Waals surface area contributed by atoms with Gasteiger partial charge in [-0.3, -0.25) is 0 Å². The van der Waals surface area contributed by atoms with Crippen molar-refractivity contribution < 1.29 is 0 Å². The zero-order valence-corrected chi connectivity index (χ0v) is 13.0. The molecule has 1 saturated carbocycles. The molecule has 108 valence electrons. The Bertz CT molecular complexity index is 491. The second-order valence-corrected chi connectivity index (χ2v) is 5.73. The molecule has 1 aromatic rings. The van der Waals surface area contributed by atoms with E-state index >= 15 is 0 Å². The monoisotopic (exact) mass is 291 g/mol. The van der Waals surface area contributed by atoms with E-state index in [1.807, 2.05) is 6.07 Å². The zero-order valence-electron chi connectivity index (χ0n) is 12.2. The molecule has 0 aromatic heterocycles. The summed E-state index contributed by atoms with van der Waals surface area (Å²) in [5.41, 5.74) is 2.27. The molecule has 20 heavy (non-hydrogen) atoms. The maximum atomic E-state index is 8.79. The maximum Gasteiger partial charge on any atom is 0.0643 e. The van der Waals surface area contributed by atoms with Crippen LogP contribution in [0.2, 0.25) is 5.02 Å². The van der Waals surface area contributed by atoms with Crippen LogP contribution in [-0.2, 0) is 0 Å². The highest BCUT2D eigenvalue weighted by molar-refractivity contribution is 6.33. The first-order chi connectivity index (χ1) is 9.67. The van der Waals surface area contributed by atoms with E-state index in [2.05, 4.69) is 42.3 Å². The van der Waals surface area contributed by atoms with Gasteiger partial charge in [-0.2, -0.15) is 5.26 Å². The maximum absolute atomic E-state index is 8.79. The van der Waals surface area contributed by atoms with Crippen molar-refractivity contribution in [2.45, 2.75) is 45.2 Å². The lowest BCUT2D eigenvalue weighted by atomic mass is 10.1. The first-order valence-electron chi connectivity index (χ1n) is 7.33. The highest BCUT2D eigenvalue weighted by Gasteiger charge is 2.30. The van der Waals surface area contributed by atoms with E-state index in [-0.39, 0.29) is 0 Å². The fourth-order valence-electron chi connectivity index (χ4n) is 2.51. The summed E-state index contributed by atoms with van der Waals surface area (Å²) in [7, 11) is 0. The lowest BCUT2D eigenvalue weighted by molar-refractivity contribution is 0.598. The fourth-order valence-corrected chi connectivity index (χ4v) is 2.80. The van der Waals surface area contributed by atoms with Crippen molar-refractivity contribution in [1.82, 2.24) is 5.32 Å². The third-order valence-electron chi connectivity index (χ3n) is 3.74. The molecule has 4 heteroatoms. The number of nitrogens with one attached hydrogen (secondary N) is 1. The first kappa shape index (κ1) is 15.2. The number of anilines is 1. The number of nitriles is 1. The minimum absolute atomic E-state index is 0.306. The lowest BCUT2D eigenvalue weighted by Crippen LogP contribution is -2.27. The number of halogens is 1. The van der Waals surface area contributed by atoms with Gasteiger partial charge in [-0.05, 0) is 44.0 Å². The van der Waals surface area contributed by atoms with Gasteiger partial charge in [-0.25, -0.2) is 0 Å². The Morgan fingerprint density at radius 1 is 1.50 bits per heavy atom. The van der Waals surface area contributed by atoms with Gasteiger partial charge in [0.1, 0.15) is 0 Å². The zero-order chi connectivity index (χ0) is 14.5. The molecule has 2 rings (SSSR count). The number of benzene rings is 1. The van der Waals surface area contributed by atoms with Crippen molar-refractivity contribution in [2.75, 3.05) is 18.0 Å². The third kappa shape index (κ3) is 3.65. The van der Waals surface area contributed by atoms with E-state index in [1.54, 1.807) is 0 Å². The van der Waals surface area contributed by atoms with Crippen LogP contribution in [0.1, 0.15) is 44.7 Å². The molecule has 0 aliphatic heterocycles. The number of hydrogen-bond donors (Lipinski definition) is 1. The first-order valence-corrected chi connectivity index (χ1v) is 7.71. The molecule has 1 aromatic carbocycles. The normalized spacial score (nSPS) is 15.7. The summed E-state index contributed by atoms with van der Waals surface area (Å²) < 4.78 is 0. The van der Waals surface area contributed by atoms with Gasteiger partial charge in [0, 0.05) is 18.6 Å². The van der Waals surface area contributed by atoms with Gasteiger partial charge in [0.25, 0.3) is 0 Å². The molecule has 1 aliphatic carbocycles. The van der Waals surface area contributed by atoms with Crippen molar-refractivity contribution >= 4 is 17.3 Å². The Morgan fingerprint density at radius 2 is 2.25 bits per heavy atom. The SMILES string of the molecule is CCNC(C)c1ccc(N(CCC#N)C2CC2)c(Cl)c1. The van der Waals surface area contributed by atoms with Crippen LogP contribution in [0.25, 0.3) is 0 Å². The Morgan fingerprint density at radius 3 is 2.80 bits per heavy atom. The van der Waals surface area contributed by atoms with Crippen molar-refractivity contribution in [1.29, 1.82) is 5.26 Å². The van der Waals surface area contributed by atoms with E-state index in [1.165, 1.54) is 18.4 Å². The Labute approximate surface area is 126 Å². The second-order valence-electron chi connectivity index (χ2n) is 5.32. The number of rotatable bonds is 7. The predicted octanol–water partition coefficient (Wildman–Crippen LogP) is 3.89. The smallest absolute Gasteiger partial charge is 0.0643 e. The molecular formula is C16H22ClN3. The molecule has 1 N–H and O–H groups in total. The molecule has 1 aliphatic rings. The van der Waals surface area contributed by atoms with Gasteiger partial charge in [-0.1, -0.05) is 24.6 Å². The average Bonchev–Trinajstić information content (AvgIpc) is 3.25. The van der Waals surface area contributed by atoms with Gasteiger partial charge >= 0.3 is 0 Å². The molecule has 1 atom stereocenters. The van der Waals surface area contributed by atoms with Crippen molar-refractivity contribution in [3.8, 4) is 6.07 Å². The van der Waals surface area contributed by atoms with Gasteiger partial charge < -0.3 is 10.2 Å². The van der Waals surface area contributed by atoms with Crippen LogP contribution >= 0.6 is 11.6 Å². The summed E-state index contributed by atoms with van der Waals surface area (Å²) in [6.45, 7) is 5.95. The minimum Gasteiger partial charge on any atom is -0.366 e.